The van der Waals surface area contributed by atoms with Gasteiger partial charge in [-0.15, -0.1) is 0 Å². The highest BCUT2D eigenvalue weighted by Gasteiger charge is 2.25. The first-order valence-electron chi connectivity index (χ1n) is 12.4. The summed E-state index contributed by atoms with van der Waals surface area (Å²) in [5.41, 5.74) is 7.66. The molecule has 0 saturated heterocycles. The Bertz CT molecular complexity index is 1310. The maximum Gasteiger partial charge on any atom is 0.243 e. The van der Waals surface area contributed by atoms with E-state index in [1.807, 2.05) is 43.3 Å². The number of benzene rings is 4. The fourth-order valence-electron chi connectivity index (χ4n) is 4.50. The van der Waals surface area contributed by atoms with Crippen LogP contribution in [0.15, 0.2) is 83.8 Å². The molecule has 0 aromatic heterocycles. The fraction of sp³-hybridized carbons (Fsp3) is 0.310. The molecule has 0 aliphatic carbocycles. The second-order valence-electron chi connectivity index (χ2n) is 9.05. The lowest BCUT2D eigenvalue weighted by Gasteiger charge is -2.24. The van der Waals surface area contributed by atoms with Crippen molar-refractivity contribution in [2.24, 2.45) is 5.73 Å². The third kappa shape index (κ3) is 6.08. The maximum absolute atomic E-state index is 13.8. The van der Waals surface area contributed by atoms with Crippen LogP contribution in [-0.2, 0) is 16.6 Å². The summed E-state index contributed by atoms with van der Waals surface area (Å²) in [5, 5.41) is 7.85. The largest absolute Gasteiger partial charge is 0.330 e. The van der Waals surface area contributed by atoms with Gasteiger partial charge in [0.05, 0.1) is 4.90 Å². The number of rotatable bonds is 12. The molecule has 0 atom stereocenters. The van der Waals surface area contributed by atoms with Gasteiger partial charge in [0.1, 0.15) is 0 Å². The van der Waals surface area contributed by atoms with E-state index in [0.717, 1.165) is 65.0 Å². The molecule has 0 aliphatic heterocycles. The van der Waals surface area contributed by atoms with E-state index in [1.54, 1.807) is 16.4 Å². The Balaban J connectivity index is 1.67. The lowest BCUT2D eigenvalue weighted by molar-refractivity contribution is 0.397. The van der Waals surface area contributed by atoms with Gasteiger partial charge in [0.2, 0.25) is 10.0 Å². The molecular weight excluding hydrogens is 454 g/mol. The van der Waals surface area contributed by atoms with E-state index in [1.165, 1.54) is 0 Å². The first-order valence-corrected chi connectivity index (χ1v) is 13.8. The van der Waals surface area contributed by atoms with Crippen LogP contribution in [0, 0.1) is 6.92 Å². The summed E-state index contributed by atoms with van der Waals surface area (Å²) in [6, 6.07) is 25.8. The van der Waals surface area contributed by atoms with Crippen molar-refractivity contribution in [3.63, 3.8) is 0 Å². The summed E-state index contributed by atoms with van der Waals surface area (Å²) >= 11 is 0. The number of unbranched alkanes of at least 4 members (excludes halogenated alkanes) is 1. The molecule has 0 radical (unpaired) electrons. The maximum atomic E-state index is 13.8. The van der Waals surface area contributed by atoms with Gasteiger partial charge in [0, 0.05) is 13.1 Å². The summed E-state index contributed by atoms with van der Waals surface area (Å²) in [7, 11) is -3.67. The number of hydrogen-bond acceptors (Lipinski definition) is 4. The zero-order chi connectivity index (χ0) is 24.7. The van der Waals surface area contributed by atoms with Gasteiger partial charge in [0.25, 0.3) is 0 Å². The van der Waals surface area contributed by atoms with E-state index in [0.29, 0.717) is 24.5 Å². The molecule has 35 heavy (non-hydrogen) atoms. The Hall–Kier alpha value is -2.77. The number of fused-ring (bicyclic) bond motifs is 2. The van der Waals surface area contributed by atoms with E-state index in [4.69, 9.17) is 5.73 Å². The lowest BCUT2D eigenvalue weighted by Crippen LogP contribution is -2.33. The average molecular weight is 490 g/mol. The van der Waals surface area contributed by atoms with E-state index >= 15 is 0 Å². The van der Waals surface area contributed by atoms with Crippen molar-refractivity contribution in [1.29, 1.82) is 0 Å². The van der Waals surface area contributed by atoms with Crippen LogP contribution in [0.2, 0.25) is 0 Å². The molecule has 0 amide bonds. The Kier molecular flexibility index (Phi) is 8.52. The Labute approximate surface area is 209 Å². The quantitative estimate of drug-likeness (QED) is 0.212. The van der Waals surface area contributed by atoms with Crippen molar-refractivity contribution in [2.45, 2.75) is 37.6 Å². The van der Waals surface area contributed by atoms with E-state index in [9.17, 15) is 8.42 Å². The minimum atomic E-state index is -3.67. The van der Waals surface area contributed by atoms with Crippen LogP contribution in [0.5, 0.6) is 0 Å². The third-order valence-electron chi connectivity index (χ3n) is 6.44. The molecule has 4 aromatic rings. The first kappa shape index (κ1) is 25.3. The normalized spacial score (nSPS) is 12.1. The molecule has 0 fully saturated rings. The van der Waals surface area contributed by atoms with Gasteiger partial charge in [0.15, 0.2) is 0 Å². The van der Waals surface area contributed by atoms with Crippen molar-refractivity contribution in [1.82, 2.24) is 9.62 Å². The molecule has 0 bridgehead atoms. The van der Waals surface area contributed by atoms with Crippen molar-refractivity contribution in [2.75, 3.05) is 26.2 Å². The average Bonchev–Trinajstić information content (AvgIpc) is 2.87. The van der Waals surface area contributed by atoms with Gasteiger partial charge >= 0.3 is 0 Å². The van der Waals surface area contributed by atoms with Gasteiger partial charge in [-0.05, 0) is 91.1 Å². The zero-order valence-corrected chi connectivity index (χ0v) is 21.2. The lowest BCUT2D eigenvalue weighted by atomic mass is 9.97. The van der Waals surface area contributed by atoms with Crippen LogP contribution in [0.4, 0.5) is 0 Å². The predicted octanol–water partition coefficient (Wildman–Crippen LogP) is 5.21. The highest BCUT2D eigenvalue weighted by molar-refractivity contribution is 7.89. The van der Waals surface area contributed by atoms with Crippen molar-refractivity contribution in [3.05, 3.63) is 90.0 Å². The summed E-state index contributed by atoms with van der Waals surface area (Å²) in [6.45, 7) is 5.09. The molecule has 3 N–H and O–H groups in total. The van der Waals surface area contributed by atoms with Gasteiger partial charge in [-0.3, -0.25) is 0 Å². The van der Waals surface area contributed by atoms with Gasteiger partial charge in [-0.1, -0.05) is 66.2 Å². The summed E-state index contributed by atoms with van der Waals surface area (Å²) < 4.78 is 29.3. The van der Waals surface area contributed by atoms with Crippen LogP contribution in [-0.4, -0.2) is 38.9 Å². The Morgan fingerprint density at radius 3 is 2.03 bits per heavy atom. The topological polar surface area (TPSA) is 75.4 Å². The number of sulfonamides is 1. The van der Waals surface area contributed by atoms with Crippen LogP contribution in [0.3, 0.4) is 0 Å². The molecule has 0 spiro atoms. The Morgan fingerprint density at radius 1 is 0.800 bits per heavy atom. The van der Waals surface area contributed by atoms with Crippen LogP contribution >= 0.6 is 0 Å². The van der Waals surface area contributed by atoms with Gasteiger partial charge < -0.3 is 11.1 Å². The number of nitrogens with two attached hydrogens (primary N) is 1. The molecule has 0 unspecified atom stereocenters. The Morgan fingerprint density at radius 2 is 1.40 bits per heavy atom. The SMILES string of the molecule is Cc1ccc(S(=O)(=O)N(CCCNCCCCN)Cc2c3ccccc3cc3ccccc23)cc1. The molecule has 0 aliphatic rings. The highest BCUT2D eigenvalue weighted by atomic mass is 32.2. The molecule has 0 saturated carbocycles. The van der Waals surface area contributed by atoms with Crippen molar-refractivity contribution >= 4 is 31.6 Å². The number of nitrogens with zero attached hydrogens (tertiary/aromatic N) is 1. The van der Waals surface area contributed by atoms with Crippen molar-refractivity contribution in [3.8, 4) is 0 Å². The monoisotopic (exact) mass is 489 g/mol. The molecule has 4 rings (SSSR count). The minimum absolute atomic E-state index is 0.325. The molecule has 184 valence electrons. The molecular formula is C29H35N3O2S. The number of nitrogens with one attached hydrogen (secondary N) is 1. The van der Waals surface area contributed by atoms with Crippen LogP contribution in [0.25, 0.3) is 21.5 Å². The standard InChI is InChI=1S/C29H35N3O2S/c1-23-13-15-26(16-14-23)35(33,34)32(20-8-19-31-18-7-6-17-30)22-29-27-11-4-2-9-24(27)21-25-10-3-5-12-28(25)29/h2-5,9-16,21,31H,6-8,17-20,22,30H2,1H3. The summed E-state index contributed by atoms with van der Waals surface area (Å²) in [4.78, 5) is 0.337. The highest BCUT2D eigenvalue weighted by Crippen LogP contribution is 2.31. The number of aryl methyl sites for hydroxylation is 1. The second kappa shape index (κ2) is 11.8. The zero-order valence-electron chi connectivity index (χ0n) is 20.4. The third-order valence-corrected chi connectivity index (χ3v) is 8.30. The van der Waals surface area contributed by atoms with E-state index < -0.39 is 10.0 Å². The van der Waals surface area contributed by atoms with Crippen LogP contribution < -0.4 is 11.1 Å². The second-order valence-corrected chi connectivity index (χ2v) is 11.0. The minimum Gasteiger partial charge on any atom is -0.330 e. The smallest absolute Gasteiger partial charge is 0.243 e. The predicted molar refractivity (Wildman–Crippen MR) is 146 cm³/mol. The molecule has 6 heteroatoms. The molecule has 5 nitrogen and oxygen atoms in total. The van der Waals surface area contributed by atoms with Gasteiger partial charge in [-0.25, -0.2) is 8.42 Å². The number of hydrogen-bond donors (Lipinski definition) is 2. The molecule has 4 aromatic carbocycles. The van der Waals surface area contributed by atoms with Crippen LogP contribution in [0.1, 0.15) is 30.4 Å². The summed E-state index contributed by atoms with van der Waals surface area (Å²) in [5.74, 6) is 0. The molecule has 0 heterocycles. The first-order chi connectivity index (χ1) is 17.0. The van der Waals surface area contributed by atoms with E-state index in [2.05, 4.69) is 35.6 Å². The van der Waals surface area contributed by atoms with Gasteiger partial charge in [-0.2, -0.15) is 4.31 Å². The fourth-order valence-corrected chi connectivity index (χ4v) is 5.94. The van der Waals surface area contributed by atoms with Crippen molar-refractivity contribution < 1.29 is 8.42 Å². The van der Waals surface area contributed by atoms with E-state index in [-0.39, 0.29) is 0 Å². The summed E-state index contributed by atoms with van der Waals surface area (Å²) in [6.07, 6.45) is 2.76.